The van der Waals surface area contributed by atoms with E-state index >= 15 is 0 Å². The Bertz CT molecular complexity index is 942. The monoisotopic (exact) mass is 356 g/mol. The molecule has 1 aromatic heterocycles. The molecule has 5 nitrogen and oxygen atoms in total. The fraction of sp³-hybridized carbons (Fsp3) is 0.0909. The molecule has 27 heavy (non-hydrogen) atoms. The van der Waals surface area contributed by atoms with Crippen molar-refractivity contribution in [3.63, 3.8) is 0 Å². The number of anilines is 3. The van der Waals surface area contributed by atoms with Gasteiger partial charge in [0.2, 0.25) is 0 Å². The highest BCUT2D eigenvalue weighted by Gasteiger charge is 2.15. The Morgan fingerprint density at radius 1 is 0.815 bits per heavy atom. The lowest BCUT2D eigenvalue weighted by atomic mass is 10.2. The molecule has 0 aliphatic rings. The molecule has 3 aromatic carbocycles. The molecular weight excluding hydrogens is 336 g/mol. The van der Waals surface area contributed by atoms with Crippen LogP contribution in [0.25, 0.3) is 0 Å². The first-order valence-corrected chi connectivity index (χ1v) is 8.77. The maximum Gasteiger partial charge on any atom is 0.180 e. The summed E-state index contributed by atoms with van der Waals surface area (Å²) in [5.41, 5.74) is 3.22. The van der Waals surface area contributed by atoms with Crippen LogP contribution in [0.1, 0.15) is 5.56 Å². The lowest BCUT2D eigenvalue weighted by Crippen LogP contribution is -2.10. The normalized spacial score (nSPS) is 10.6. The first-order chi connectivity index (χ1) is 13.3. The molecule has 0 N–H and O–H groups in total. The van der Waals surface area contributed by atoms with Crippen molar-refractivity contribution < 1.29 is 4.74 Å². The Labute approximate surface area is 158 Å². The van der Waals surface area contributed by atoms with Gasteiger partial charge in [-0.2, -0.15) is 0 Å². The Morgan fingerprint density at radius 2 is 1.41 bits per heavy atom. The van der Waals surface area contributed by atoms with Crippen LogP contribution in [-0.4, -0.2) is 22.1 Å². The van der Waals surface area contributed by atoms with Crippen LogP contribution in [0.2, 0.25) is 0 Å². The zero-order valence-corrected chi connectivity index (χ0v) is 15.1. The van der Waals surface area contributed by atoms with Crippen molar-refractivity contribution in [3.8, 4) is 5.75 Å². The lowest BCUT2D eigenvalue weighted by Gasteiger charge is -2.21. The third kappa shape index (κ3) is 3.82. The van der Waals surface area contributed by atoms with E-state index in [9.17, 15) is 0 Å². The number of benzene rings is 3. The molecule has 5 heteroatoms. The minimum absolute atomic E-state index is 0.647. The van der Waals surface area contributed by atoms with Crippen molar-refractivity contribution in [1.29, 1.82) is 0 Å². The van der Waals surface area contributed by atoms with Gasteiger partial charge in [-0.25, -0.2) is 4.68 Å². The van der Waals surface area contributed by atoms with Gasteiger partial charge in [-0.3, -0.25) is 4.90 Å². The number of methoxy groups -OCH3 is 1. The third-order valence-corrected chi connectivity index (χ3v) is 4.29. The summed E-state index contributed by atoms with van der Waals surface area (Å²) in [4.78, 5) is 2.09. The number of rotatable bonds is 6. The largest absolute Gasteiger partial charge is 0.497 e. The molecule has 4 rings (SSSR count). The van der Waals surface area contributed by atoms with E-state index in [0.717, 1.165) is 28.5 Å². The summed E-state index contributed by atoms with van der Waals surface area (Å²) in [5.74, 6) is 1.62. The van der Waals surface area contributed by atoms with Gasteiger partial charge in [0.05, 0.1) is 19.9 Å². The van der Waals surface area contributed by atoms with E-state index in [2.05, 4.69) is 39.5 Å². The van der Waals surface area contributed by atoms with Gasteiger partial charge in [-0.05, 0) is 42.0 Å². The first-order valence-electron chi connectivity index (χ1n) is 8.77. The van der Waals surface area contributed by atoms with Crippen LogP contribution in [0.4, 0.5) is 17.2 Å². The topological polar surface area (TPSA) is 43.2 Å². The van der Waals surface area contributed by atoms with Crippen LogP contribution in [-0.2, 0) is 6.54 Å². The zero-order valence-electron chi connectivity index (χ0n) is 15.1. The average molecular weight is 356 g/mol. The first kappa shape index (κ1) is 16.8. The highest BCUT2D eigenvalue weighted by atomic mass is 16.5. The highest BCUT2D eigenvalue weighted by molar-refractivity contribution is 5.73. The van der Waals surface area contributed by atoms with Crippen molar-refractivity contribution in [2.75, 3.05) is 12.0 Å². The maximum absolute atomic E-state index is 5.21. The minimum Gasteiger partial charge on any atom is -0.497 e. The molecule has 1 heterocycles. The Balaban J connectivity index is 1.63. The van der Waals surface area contributed by atoms with Gasteiger partial charge >= 0.3 is 0 Å². The number of hydrogen-bond donors (Lipinski definition) is 0. The molecule has 0 atom stereocenters. The van der Waals surface area contributed by atoms with E-state index in [1.165, 1.54) is 0 Å². The third-order valence-electron chi connectivity index (χ3n) is 4.29. The van der Waals surface area contributed by atoms with E-state index in [4.69, 9.17) is 4.74 Å². The van der Waals surface area contributed by atoms with E-state index in [0.29, 0.717) is 6.54 Å². The maximum atomic E-state index is 5.21. The number of hydrogen-bond acceptors (Lipinski definition) is 4. The van der Waals surface area contributed by atoms with E-state index in [1.807, 2.05) is 71.5 Å². The summed E-state index contributed by atoms with van der Waals surface area (Å²) in [6.07, 6.45) is 1.96. The number of para-hydroxylation sites is 2. The number of aromatic nitrogens is 3. The molecule has 0 aliphatic heterocycles. The molecule has 0 amide bonds. The summed E-state index contributed by atoms with van der Waals surface area (Å²) in [6, 6.07) is 28.3. The highest BCUT2D eigenvalue weighted by Crippen LogP contribution is 2.32. The van der Waals surface area contributed by atoms with Crippen molar-refractivity contribution in [3.05, 3.63) is 96.7 Å². The molecule has 0 saturated heterocycles. The molecule has 134 valence electrons. The summed E-state index contributed by atoms with van der Waals surface area (Å²) >= 11 is 0. The molecule has 0 aliphatic carbocycles. The van der Waals surface area contributed by atoms with Gasteiger partial charge in [0.25, 0.3) is 0 Å². The van der Waals surface area contributed by atoms with E-state index in [1.54, 1.807) is 7.11 Å². The molecule has 0 fully saturated rings. The molecular formula is C22H20N4O. The second kappa shape index (κ2) is 7.74. The smallest absolute Gasteiger partial charge is 0.180 e. The Morgan fingerprint density at radius 3 is 1.96 bits per heavy atom. The molecule has 4 aromatic rings. The fourth-order valence-electron chi connectivity index (χ4n) is 2.95. The second-order valence-electron chi connectivity index (χ2n) is 6.13. The van der Waals surface area contributed by atoms with E-state index in [-0.39, 0.29) is 0 Å². The minimum atomic E-state index is 0.647. The predicted octanol–water partition coefficient (Wildman–Crippen LogP) is 4.80. The van der Waals surface area contributed by atoms with Gasteiger partial charge in [-0.15, -0.1) is 5.10 Å². The van der Waals surface area contributed by atoms with Crippen LogP contribution in [0.5, 0.6) is 5.75 Å². The molecule has 0 saturated carbocycles. The van der Waals surface area contributed by atoms with Gasteiger partial charge in [0, 0.05) is 11.4 Å². The van der Waals surface area contributed by atoms with Gasteiger partial charge in [0.15, 0.2) is 5.82 Å². The van der Waals surface area contributed by atoms with Crippen molar-refractivity contribution >= 4 is 17.2 Å². The summed E-state index contributed by atoms with van der Waals surface area (Å²) in [5, 5.41) is 8.73. The van der Waals surface area contributed by atoms with Crippen molar-refractivity contribution in [2.24, 2.45) is 0 Å². The average Bonchev–Trinajstić information content (AvgIpc) is 3.18. The van der Waals surface area contributed by atoms with Crippen molar-refractivity contribution in [2.45, 2.75) is 6.54 Å². The number of ether oxygens (including phenoxy) is 1. The number of nitrogens with zero attached hydrogens (tertiary/aromatic N) is 4. The molecule has 0 unspecified atom stereocenters. The molecule has 0 spiro atoms. The van der Waals surface area contributed by atoms with Crippen LogP contribution >= 0.6 is 0 Å². The van der Waals surface area contributed by atoms with Gasteiger partial charge in [0.1, 0.15) is 5.75 Å². The Kier molecular flexibility index (Phi) is 4.83. The standard InChI is InChI=1S/C22H20N4O/c1-27-21-14-12-18(13-15-21)16-25-17-22(23-24-25)26(19-8-4-2-5-9-19)20-10-6-3-7-11-20/h2-15,17H,16H2,1H3. The SMILES string of the molecule is COc1ccc(Cn2cc(N(c3ccccc3)c3ccccc3)nn2)cc1. The summed E-state index contributed by atoms with van der Waals surface area (Å²) < 4.78 is 7.05. The fourth-order valence-corrected chi connectivity index (χ4v) is 2.95. The second-order valence-corrected chi connectivity index (χ2v) is 6.13. The quantitative estimate of drug-likeness (QED) is 0.497. The summed E-state index contributed by atoms with van der Waals surface area (Å²) in [7, 11) is 1.67. The lowest BCUT2D eigenvalue weighted by molar-refractivity contribution is 0.414. The molecule has 0 radical (unpaired) electrons. The van der Waals surface area contributed by atoms with Crippen molar-refractivity contribution in [1.82, 2.24) is 15.0 Å². The van der Waals surface area contributed by atoms with E-state index < -0.39 is 0 Å². The van der Waals surface area contributed by atoms with Crippen LogP contribution in [0.3, 0.4) is 0 Å². The van der Waals surface area contributed by atoms with Gasteiger partial charge in [-0.1, -0.05) is 53.7 Å². The van der Waals surface area contributed by atoms with Gasteiger partial charge < -0.3 is 4.74 Å². The van der Waals surface area contributed by atoms with Crippen LogP contribution < -0.4 is 9.64 Å². The summed E-state index contributed by atoms with van der Waals surface area (Å²) in [6.45, 7) is 0.647. The Hall–Kier alpha value is -3.60. The molecule has 0 bridgehead atoms. The predicted molar refractivity (Wildman–Crippen MR) is 107 cm³/mol. The zero-order chi connectivity index (χ0) is 18.5. The van der Waals surface area contributed by atoms with Crippen LogP contribution in [0.15, 0.2) is 91.1 Å². The van der Waals surface area contributed by atoms with Crippen LogP contribution in [0, 0.1) is 0 Å².